The second kappa shape index (κ2) is 8.86. The van der Waals surface area contributed by atoms with Crippen molar-refractivity contribution >= 4 is 29.9 Å². The van der Waals surface area contributed by atoms with Crippen LogP contribution in [0.15, 0.2) is 47.5 Å². The molecule has 0 aliphatic carbocycles. The molecule has 128 valence electrons. The van der Waals surface area contributed by atoms with E-state index in [9.17, 15) is 0 Å². The number of nitrogens with one attached hydrogen (secondary N) is 1. The number of ether oxygens (including phenoxy) is 1. The second-order valence-corrected chi connectivity index (χ2v) is 5.66. The third kappa shape index (κ3) is 4.83. The minimum absolute atomic E-state index is 0. The highest BCUT2D eigenvalue weighted by atomic mass is 127. The lowest BCUT2D eigenvalue weighted by Gasteiger charge is -2.26. The summed E-state index contributed by atoms with van der Waals surface area (Å²) in [6.07, 6.45) is 1.67. The van der Waals surface area contributed by atoms with Crippen LogP contribution in [0.4, 0.5) is 0 Å². The first-order valence-corrected chi connectivity index (χ1v) is 7.93. The van der Waals surface area contributed by atoms with Crippen molar-refractivity contribution in [2.75, 3.05) is 13.2 Å². The number of pyridine rings is 1. The Kier molecular flexibility index (Phi) is 6.84. The van der Waals surface area contributed by atoms with E-state index in [0.717, 1.165) is 35.5 Å². The van der Waals surface area contributed by atoms with Gasteiger partial charge in [0.2, 0.25) is 0 Å². The predicted octanol–water partition coefficient (Wildman–Crippen LogP) is 2.98. The first kappa shape index (κ1) is 18.5. The van der Waals surface area contributed by atoms with Gasteiger partial charge < -0.3 is 15.8 Å². The number of hydrogen-bond acceptors (Lipinski definition) is 3. The molecule has 1 atom stereocenters. The van der Waals surface area contributed by atoms with E-state index < -0.39 is 0 Å². The summed E-state index contributed by atoms with van der Waals surface area (Å²) >= 11 is 0. The lowest BCUT2D eigenvalue weighted by Crippen LogP contribution is -2.37. The maximum absolute atomic E-state index is 6.03. The Morgan fingerprint density at radius 2 is 2.12 bits per heavy atom. The van der Waals surface area contributed by atoms with E-state index in [4.69, 9.17) is 10.5 Å². The average molecular weight is 438 g/mol. The minimum atomic E-state index is 0. The number of aliphatic imine (C=N–C) groups is 1. The van der Waals surface area contributed by atoms with Crippen LogP contribution in [0.1, 0.15) is 29.4 Å². The molecule has 3 N–H and O–H groups in total. The van der Waals surface area contributed by atoms with Gasteiger partial charge in [-0.2, -0.15) is 0 Å². The Morgan fingerprint density at radius 1 is 1.29 bits per heavy atom. The molecular weight excluding hydrogens is 415 g/mol. The quantitative estimate of drug-likeness (QED) is 0.438. The SMILES string of the molecule is Cc1cccc(CCN=C(N)NC2CCOc3ccccc32)n1.I. The number of halogens is 1. The molecule has 2 aromatic rings. The van der Waals surface area contributed by atoms with Crippen LogP contribution in [0.2, 0.25) is 0 Å². The maximum atomic E-state index is 6.03. The van der Waals surface area contributed by atoms with Crippen molar-refractivity contribution in [3.8, 4) is 5.75 Å². The molecule has 1 aliphatic rings. The Hall–Kier alpha value is -1.83. The smallest absolute Gasteiger partial charge is 0.189 e. The molecule has 6 heteroatoms. The van der Waals surface area contributed by atoms with Crippen LogP contribution >= 0.6 is 24.0 Å². The first-order chi connectivity index (χ1) is 11.2. The molecule has 0 radical (unpaired) electrons. The summed E-state index contributed by atoms with van der Waals surface area (Å²) in [7, 11) is 0. The van der Waals surface area contributed by atoms with Crippen LogP contribution in [0.5, 0.6) is 5.75 Å². The number of hydrogen-bond donors (Lipinski definition) is 2. The standard InChI is InChI=1S/C18H22N4O.HI/c1-13-5-4-6-14(21-13)9-11-20-18(19)22-16-10-12-23-17-8-3-2-7-15(16)17;/h2-8,16H,9-12H2,1H3,(H3,19,20,22);1H. The Bertz CT molecular complexity index is 705. The molecule has 1 unspecified atom stereocenters. The van der Waals surface area contributed by atoms with E-state index in [1.54, 1.807) is 0 Å². The van der Waals surface area contributed by atoms with Crippen molar-refractivity contribution in [2.24, 2.45) is 10.7 Å². The zero-order chi connectivity index (χ0) is 16.1. The fraction of sp³-hybridized carbons (Fsp3) is 0.333. The van der Waals surface area contributed by atoms with E-state index in [-0.39, 0.29) is 30.0 Å². The highest BCUT2D eigenvalue weighted by Gasteiger charge is 2.21. The van der Waals surface area contributed by atoms with Gasteiger partial charge in [0.15, 0.2) is 5.96 Å². The van der Waals surface area contributed by atoms with Crippen molar-refractivity contribution in [2.45, 2.75) is 25.8 Å². The van der Waals surface area contributed by atoms with Crippen LogP contribution in [0, 0.1) is 6.92 Å². The molecule has 3 rings (SSSR count). The number of nitrogens with two attached hydrogens (primary N) is 1. The van der Waals surface area contributed by atoms with Gasteiger partial charge in [-0.25, -0.2) is 0 Å². The lowest BCUT2D eigenvalue weighted by molar-refractivity contribution is 0.262. The third-order valence-electron chi connectivity index (χ3n) is 3.88. The van der Waals surface area contributed by atoms with Crippen molar-refractivity contribution < 1.29 is 4.74 Å². The summed E-state index contributed by atoms with van der Waals surface area (Å²) in [5, 5.41) is 3.30. The summed E-state index contributed by atoms with van der Waals surface area (Å²) in [5.41, 5.74) is 9.23. The number of nitrogens with zero attached hydrogens (tertiary/aromatic N) is 2. The first-order valence-electron chi connectivity index (χ1n) is 7.93. The number of aryl methyl sites for hydroxylation is 1. The lowest BCUT2D eigenvalue weighted by atomic mass is 10.0. The average Bonchev–Trinajstić information content (AvgIpc) is 2.55. The van der Waals surface area contributed by atoms with Gasteiger partial charge in [-0.1, -0.05) is 24.3 Å². The predicted molar refractivity (Wildman–Crippen MR) is 107 cm³/mol. The molecule has 0 saturated carbocycles. The monoisotopic (exact) mass is 438 g/mol. The van der Waals surface area contributed by atoms with Gasteiger partial charge in [0.05, 0.1) is 12.6 Å². The van der Waals surface area contributed by atoms with E-state index in [2.05, 4.69) is 21.4 Å². The minimum Gasteiger partial charge on any atom is -0.493 e. The highest BCUT2D eigenvalue weighted by molar-refractivity contribution is 14.0. The summed E-state index contributed by atoms with van der Waals surface area (Å²) in [6, 6.07) is 14.2. The van der Waals surface area contributed by atoms with Crippen molar-refractivity contribution in [3.05, 3.63) is 59.4 Å². The number of para-hydroxylation sites is 1. The summed E-state index contributed by atoms with van der Waals surface area (Å²) < 4.78 is 5.66. The van der Waals surface area contributed by atoms with Gasteiger partial charge in [0, 0.05) is 36.3 Å². The van der Waals surface area contributed by atoms with Gasteiger partial charge >= 0.3 is 0 Å². The molecule has 0 saturated heterocycles. The Morgan fingerprint density at radius 3 is 2.96 bits per heavy atom. The van der Waals surface area contributed by atoms with Crippen LogP contribution in [0.3, 0.4) is 0 Å². The number of fused-ring (bicyclic) bond motifs is 1. The zero-order valence-corrected chi connectivity index (χ0v) is 16.1. The normalized spacial score (nSPS) is 16.5. The number of rotatable bonds is 4. The van der Waals surface area contributed by atoms with Gasteiger partial charge in [-0.05, 0) is 25.1 Å². The second-order valence-electron chi connectivity index (χ2n) is 5.66. The van der Waals surface area contributed by atoms with Gasteiger partial charge in [0.1, 0.15) is 5.75 Å². The van der Waals surface area contributed by atoms with E-state index >= 15 is 0 Å². The summed E-state index contributed by atoms with van der Waals surface area (Å²) in [4.78, 5) is 8.89. The molecule has 24 heavy (non-hydrogen) atoms. The molecule has 1 aromatic heterocycles. The topological polar surface area (TPSA) is 72.5 Å². The number of aromatic nitrogens is 1. The van der Waals surface area contributed by atoms with Gasteiger partial charge in [-0.3, -0.25) is 9.98 Å². The van der Waals surface area contributed by atoms with Crippen LogP contribution in [0.25, 0.3) is 0 Å². The van der Waals surface area contributed by atoms with E-state index in [1.165, 1.54) is 0 Å². The molecule has 0 amide bonds. The van der Waals surface area contributed by atoms with Gasteiger partial charge in [-0.15, -0.1) is 24.0 Å². The fourth-order valence-corrected chi connectivity index (χ4v) is 2.75. The fourth-order valence-electron chi connectivity index (χ4n) is 2.75. The Balaban J connectivity index is 0.00000208. The molecule has 0 bridgehead atoms. The molecular formula is C18H23IN4O. The van der Waals surface area contributed by atoms with E-state index in [0.29, 0.717) is 19.1 Å². The van der Waals surface area contributed by atoms with Crippen molar-refractivity contribution in [1.82, 2.24) is 10.3 Å². The van der Waals surface area contributed by atoms with Crippen molar-refractivity contribution in [3.63, 3.8) is 0 Å². The molecule has 0 spiro atoms. The number of guanidine groups is 1. The maximum Gasteiger partial charge on any atom is 0.189 e. The molecule has 0 fully saturated rings. The Labute approximate surface area is 159 Å². The molecule has 1 aliphatic heterocycles. The molecule has 5 nitrogen and oxygen atoms in total. The van der Waals surface area contributed by atoms with Crippen LogP contribution < -0.4 is 15.8 Å². The van der Waals surface area contributed by atoms with Crippen molar-refractivity contribution in [1.29, 1.82) is 0 Å². The largest absolute Gasteiger partial charge is 0.493 e. The summed E-state index contributed by atoms with van der Waals surface area (Å²) in [5.74, 6) is 1.40. The highest BCUT2D eigenvalue weighted by Crippen LogP contribution is 2.31. The third-order valence-corrected chi connectivity index (χ3v) is 3.88. The van der Waals surface area contributed by atoms with E-state index in [1.807, 2.05) is 43.3 Å². The molecule has 2 heterocycles. The van der Waals surface area contributed by atoms with Crippen LogP contribution in [-0.2, 0) is 6.42 Å². The number of benzene rings is 1. The van der Waals surface area contributed by atoms with Gasteiger partial charge in [0.25, 0.3) is 0 Å². The zero-order valence-electron chi connectivity index (χ0n) is 13.7. The molecule has 1 aromatic carbocycles. The van der Waals surface area contributed by atoms with Crippen LogP contribution in [-0.4, -0.2) is 24.1 Å². The summed E-state index contributed by atoms with van der Waals surface area (Å²) in [6.45, 7) is 3.31.